The van der Waals surface area contributed by atoms with Crippen molar-refractivity contribution < 1.29 is 23.6 Å². The van der Waals surface area contributed by atoms with E-state index in [-0.39, 0.29) is 17.5 Å². The van der Waals surface area contributed by atoms with Crippen molar-refractivity contribution in [1.29, 1.82) is 0 Å². The molecule has 2 amide bonds. The van der Waals surface area contributed by atoms with Crippen molar-refractivity contribution in [3.05, 3.63) is 53.6 Å². The van der Waals surface area contributed by atoms with Crippen LogP contribution in [0.1, 0.15) is 25.0 Å². The maximum absolute atomic E-state index is 11.9. The van der Waals surface area contributed by atoms with Crippen LogP contribution < -0.4 is 19.1 Å². The molecule has 1 aliphatic rings. The molecule has 0 aliphatic carbocycles. The second-order valence-electron chi connectivity index (χ2n) is 6.48. The van der Waals surface area contributed by atoms with Crippen LogP contribution in [0.5, 0.6) is 11.5 Å². The predicted molar refractivity (Wildman–Crippen MR) is 105 cm³/mol. The summed E-state index contributed by atoms with van der Waals surface area (Å²) in [6.45, 7) is 4.91. The number of carbonyl (C=O) groups is 2. The van der Waals surface area contributed by atoms with Crippen molar-refractivity contribution >= 4 is 28.7 Å². The average Bonchev–Trinajstić information content (AvgIpc) is 2.89. The first-order valence-electron chi connectivity index (χ1n) is 8.71. The summed E-state index contributed by atoms with van der Waals surface area (Å²) in [4.78, 5) is 23.3. The molecule has 3 N–H and O–H groups in total. The largest absolute Gasteiger partial charge is 0.506 e. The second kappa shape index (κ2) is 8.41. The lowest BCUT2D eigenvalue weighted by molar-refractivity contribution is -0.134. The lowest BCUT2D eigenvalue weighted by Crippen LogP contribution is -2.27. The van der Waals surface area contributed by atoms with E-state index in [0.29, 0.717) is 13.1 Å². The molecule has 1 saturated heterocycles. The fraction of sp³-hybridized carbons (Fsp3) is 0.263. The van der Waals surface area contributed by atoms with Gasteiger partial charge in [-0.05, 0) is 37.6 Å². The van der Waals surface area contributed by atoms with Gasteiger partial charge >= 0.3 is 11.8 Å². The van der Waals surface area contributed by atoms with E-state index < -0.39 is 23.0 Å². The molecule has 2 aromatic rings. The lowest BCUT2D eigenvalue weighted by atomic mass is 10.1. The van der Waals surface area contributed by atoms with Crippen molar-refractivity contribution in [2.24, 2.45) is 0 Å². The van der Waals surface area contributed by atoms with Crippen LogP contribution in [0.25, 0.3) is 0 Å². The van der Waals surface area contributed by atoms with Crippen LogP contribution in [0, 0.1) is 0 Å². The number of hydrogen-bond acceptors (Lipinski definition) is 6. The Morgan fingerprint density at radius 1 is 1.18 bits per heavy atom. The maximum Gasteiger partial charge on any atom is 0.330 e. The molecule has 1 unspecified atom stereocenters. The number of benzene rings is 2. The molecule has 0 radical (unpaired) electrons. The van der Waals surface area contributed by atoms with Gasteiger partial charge in [0.15, 0.2) is 0 Å². The molecule has 148 valence electrons. The quantitative estimate of drug-likeness (QED) is 0.605. The standard InChI is InChI=1S/C19H21N3O5S/c1-12(2)27-17-6-4-3-5-14(17)11-20-10-13-7-8-16(23)15(9-13)22-19(25)18(24)21-28(22)26/h3-9,12,20,23H,10-11H2,1-2H3,(H,21,24). The Morgan fingerprint density at radius 3 is 2.61 bits per heavy atom. The van der Waals surface area contributed by atoms with E-state index in [1.165, 1.54) is 12.1 Å². The summed E-state index contributed by atoms with van der Waals surface area (Å²) in [5.74, 6) is -1.38. The van der Waals surface area contributed by atoms with Crippen LogP contribution in [0.2, 0.25) is 0 Å². The summed E-state index contributed by atoms with van der Waals surface area (Å²) in [6.07, 6.45) is 0.0657. The van der Waals surface area contributed by atoms with Gasteiger partial charge in [0, 0.05) is 18.7 Å². The highest BCUT2D eigenvalue weighted by Gasteiger charge is 2.38. The second-order valence-corrected chi connectivity index (χ2v) is 7.55. The highest BCUT2D eigenvalue weighted by molar-refractivity contribution is 7.87. The first-order chi connectivity index (χ1) is 13.4. The normalized spacial score (nSPS) is 16.5. The number of nitrogens with zero attached hydrogens (tertiary/aromatic N) is 1. The van der Waals surface area contributed by atoms with Crippen molar-refractivity contribution in [2.75, 3.05) is 4.31 Å². The van der Waals surface area contributed by atoms with Gasteiger partial charge in [0.25, 0.3) is 0 Å². The fourth-order valence-corrected chi connectivity index (χ4v) is 3.63. The van der Waals surface area contributed by atoms with Gasteiger partial charge in [0.05, 0.1) is 6.10 Å². The monoisotopic (exact) mass is 403 g/mol. The first kappa shape index (κ1) is 19.8. The molecule has 1 fully saturated rings. The van der Waals surface area contributed by atoms with Crippen LogP contribution in [0.4, 0.5) is 5.69 Å². The number of ether oxygens (including phenoxy) is 1. The molecular weight excluding hydrogens is 382 g/mol. The number of para-hydroxylation sites is 1. The van der Waals surface area contributed by atoms with Crippen molar-refractivity contribution in [3.63, 3.8) is 0 Å². The molecule has 0 bridgehead atoms. The summed E-state index contributed by atoms with van der Waals surface area (Å²) in [6, 6.07) is 12.3. The van der Waals surface area contributed by atoms with Gasteiger partial charge in [-0.3, -0.25) is 9.59 Å². The summed E-state index contributed by atoms with van der Waals surface area (Å²) < 4.78 is 20.5. The molecular formula is C19H21N3O5S. The minimum Gasteiger partial charge on any atom is -0.506 e. The molecule has 0 saturated carbocycles. The summed E-state index contributed by atoms with van der Waals surface area (Å²) in [5.41, 5.74) is 1.77. The molecule has 3 rings (SSSR count). The SMILES string of the molecule is CC(C)Oc1ccccc1CNCc1ccc(O)c(N2C(=O)C(=O)NS2=O)c1. The Morgan fingerprint density at radius 2 is 1.93 bits per heavy atom. The fourth-order valence-electron chi connectivity index (χ4n) is 2.74. The van der Waals surface area contributed by atoms with Crippen molar-refractivity contribution in [3.8, 4) is 11.5 Å². The number of anilines is 1. The van der Waals surface area contributed by atoms with E-state index in [1.807, 2.05) is 42.8 Å². The number of amides is 2. The molecule has 0 aromatic heterocycles. The molecule has 1 aliphatic heterocycles. The van der Waals surface area contributed by atoms with E-state index in [2.05, 4.69) is 5.32 Å². The van der Waals surface area contributed by atoms with Gasteiger partial charge in [-0.25, -0.2) is 8.93 Å². The number of phenols is 1. The number of hydrogen-bond donors (Lipinski definition) is 3. The Hall–Kier alpha value is -2.91. The lowest BCUT2D eigenvalue weighted by Gasteiger charge is -2.16. The molecule has 8 nitrogen and oxygen atoms in total. The van der Waals surface area contributed by atoms with E-state index in [0.717, 1.165) is 21.2 Å². The van der Waals surface area contributed by atoms with Crippen LogP contribution in [0.3, 0.4) is 0 Å². The Kier molecular flexibility index (Phi) is 5.96. The third-order valence-electron chi connectivity index (χ3n) is 3.96. The van der Waals surface area contributed by atoms with Crippen LogP contribution in [-0.2, 0) is 33.9 Å². The van der Waals surface area contributed by atoms with Gasteiger partial charge in [0.2, 0.25) is 11.2 Å². The Labute approximate surface area is 165 Å². The van der Waals surface area contributed by atoms with Crippen LogP contribution >= 0.6 is 0 Å². The van der Waals surface area contributed by atoms with E-state index in [1.54, 1.807) is 6.07 Å². The van der Waals surface area contributed by atoms with Gasteiger partial charge in [-0.15, -0.1) is 0 Å². The van der Waals surface area contributed by atoms with Crippen molar-refractivity contribution in [2.45, 2.75) is 33.0 Å². The zero-order valence-corrected chi connectivity index (χ0v) is 16.3. The molecule has 1 atom stereocenters. The summed E-state index contributed by atoms with van der Waals surface area (Å²) in [7, 11) is 0. The number of phenolic OH excluding ortho intramolecular Hbond substituents is 1. The van der Waals surface area contributed by atoms with Crippen LogP contribution in [-0.4, -0.2) is 27.2 Å². The minimum atomic E-state index is -2.05. The van der Waals surface area contributed by atoms with E-state index in [9.17, 15) is 18.9 Å². The predicted octanol–water partition coefficient (Wildman–Crippen LogP) is 1.51. The summed E-state index contributed by atoms with van der Waals surface area (Å²) in [5, 5.41) is 13.3. The highest BCUT2D eigenvalue weighted by atomic mass is 32.2. The van der Waals surface area contributed by atoms with E-state index >= 15 is 0 Å². The molecule has 0 spiro atoms. The molecule has 28 heavy (non-hydrogen) atoms. The molecule has 9 heteroatoms. The van der Waals surface area contributed by atoms with Gasteiger partial charge < -0.3 is 15.2 Å². The van der Waals surface area contributed by atoms with Gasteiger partial charge in [-0.2, -0.15) is 4.31 Å². The zero-order valence-electron chi connectivity index (χ0n) is 15.5. The van der Waals surface area contributed by atoms with Gasteiger partial charge in [-0.1, -0.05) is 24.3 Å². The zero-order chi connectivity index (χ0) is 20.3. The summed E-state index contributed by atoms with van der Waals surface area (Å²) >= 11 is -2.05. The van der Waals surface area contributed by atoms with Crippen molar-refractivity contribution in [1.82, 2.24) is 10.0 Å². The van der Waals surface area contributed by atoms with E-state index in [4.69, 9.17) is 4.74 Å². The third-order valence-corrected chi connectivity index (χ3v) is 5.02. The number of rotatable bonds is 7. The van der Waals surface area contributed by atoms with Crippen LogP contribution in [0.15, 0.2) is 42.5 Å². The smallest absolute Gasteiger partial charge is 0.330 e. The molecule has 2 aromatic carbocycles. The number of nitrogens with one attached hydrogen (secondary N) is 2. The maximum atomic E-state index is 11.9. The first-order valence-corrected chi connectivity index (χ1v) is 9.81. The molecule has 1 heterocycles. The Balaban J connectivity index is 1.71. The average molecular weight is 403 g/mol. The number of carbonyl (C=O) groups excluding carboxylic acids is 2. The van der Waals surface area contributed by atoms with Gasteiger partial charge in [0.1, 0.15) is 17.2 Å². The topological polar surface area (TPSA) is 108 Å². The Bertz CT molecular complexity index is 932. The third kappa shape index (κ3) is 4.32. The highest BCUT2D eigenvalue weighted by Crippen LogP contribution is 2.31. The number of aromatic hydroxyl groups is 1. The minimum absolute atomic E-state index is 0.0181.